The molecule has 2 unspecified atom stereocenters. The third-order valence-electron chi connectivity index (χ3n) is 3.59. The Morgan fingerprint density at radius 3 is 2.58 bits per heavy atom. The van der Waals surface area contributed by atoms with Crippen LogP contribution in [0, 0.1) is 11.7 Å². The van der Waals surface area contributed by atoms with Crippen LogP contribution in [0.25, 0.3) is 0 Å². The van der Waals surface area contributed by atoms with E-state index in [1.54, 1.807) is 0 Å². The van der Waals surface area contributed by atoms with E-state index in [9.17, 15) is 12.8 Å². The topological polar surface area (TPSA) is 63.4 Å². The number of piperidine rings is 1. The van der Waals surface area contributed by atoms with Gasteiger partial charge in [0.25, 0.3) is 0 Å². The van der Waals surface area contributed by atoms with E-state index < -0.39 is 10.0 Å². The monoisotopic (exact) mass is 286 g/mol. The fourth-order valence-corrected chi connectivity index (χ4v) is 3.90. The van der Waals surface area contributed by atoms with Crippen LogP contribution < -0.4 is 5.73 Å². The van der Waals surface area contributed by atoms with Crippen LogP contribution >= 0.6 is 0 Å². The summed E-state index contributed by atoms with van der Waals surface area (Å²) in [5.41, 5.74) is 6.49. The first-order valence-corrected chi connectivity index (χ1v) is 7.97. The predicted octanol–water partition coefficient (Wildman–Crippen LogP) is 1.32. The summed E-state index contributed by atoms with van der Waals surface area (Å²) in [7, 11) is -3.35. The second kappa shape index (κ2) is 5.56. The average Bonchev–Trinajstić information content (AvgIpc) is 2.35. The molecule has 1 saturated heterocycles. The van der Waals surface area contributed by atoms with Crippen molar-refractivity contribution in [3.63, 3.8) is 0 Å². The van der Waals surface area contributed by atoms with Crippen molar-refractivity contribution in [3.8, 4) is 0 Å². The minimum atomic E-state index is -3.35. The van der Waals surface area contributed by atoms with Crippen LogP contribution in [0.3, 0.4) is 0 Å². The zero-order valence-electron chi connectivity index (χ0n) is 10.9. The van der Waals surface area contributed by atoms with E-state index in [1.165, 1.54) is 28.6 Å². The number of benzene rings is 1. The van der Waals surface area contributed by atoms with Crippen molar-refractivity contribution in [3.05, 3.63) is 35.6 Å². The zero-order valence-corrected chi connectivity index (χ0v) is 11.7. The Hall–Kier alpha value is -0.980. The molecule has 0 aliphatic carbocycles. The standard InChI is InChI=1S/C13H19FN2O2S/c1-10-8-16(7-6-13(10)15)19(17,18)9-11-2-4-12(14)5-3-11/h2-5,10,13H,6-9,15H2,1H3. The molecule has 1 aromatic carbocycles. The molecule has 1 heterocycles. The summed E-state index contributed by atoms with van der Waals surface area (Å²) in [4.78, 5) is 0. The fourth-order valence-electron chi connectivity index (χ4n) is 2.26. The summed E-state index contributed by atoms with van der Waals surface area (Å²) in [5, 5.41) is 0. The predicted molar refractivity (Wildman–Crippen MR) is 72.4 cm³/mol. The van der Waals surface area contributed by atoms with Gasteiger partial charge in [0.05, 0.1) is 5.75 Å². The van der Waals surface area contributed by atoms with Gasteiger partial charge in [0.15, 0.2) is 0 Å². The second-order valence-corrected chi connectivity index (χ2v) is 7.14. The van der Waals surface area contributed by atoms with Gasteiger partial charge in [-0.05, 0) is 30.0 Å². The molecule has 1 aliphatic heterocycles. The summed E-state index contributed by atoms with van der Waals surface area (Å²) >= 11 is 0. The van der Waals surface area contributed by atoms with E-state index in [0.29, 0.717) is 25.1 Å². The van der Waals surface area contributed by atoms with Crippen LogP contribution in [0.15, 0.2) is 24.3 Å². The Balaban J connectivity index is 2.08. The van der Waals surface area contributed by atoms with Gasteiger partial charge in [-0.2, -0.15) is 0 Å². The molecule has 1 aromatic rings. The summed E-state index contributed by atoms with van der Waals surface area (Å²) in [6.45, 7) is 2.89. The van der Waals surface area contributed by atoms with Crippen LogP contribution in [-0.2, 0) is 15.8 Å². The lowest BCUT2D eigenvalue weighted by Crippen LogP contribution is -2.48. The molecular weight excluding hydrogens is 267 g/mol. The molecule has 2 atom stereocenters. The van der Waals surface area contributed by atoms with E-state index >= 15 is 0 Å². The van der Waals surface area contributed by atoms with Crippen LogP contribution in [0.4, 0.5) is 4.39 Å². The smallest absolute Gasteiger partial charge is 0.218 e. The van der Waals surface area contributed by atoms with Gasteiger partial charge in [-0.15, -0.1) is 0 Å². The van der Waals surface area contributed by atoms with E-state index in [-0.39, 0.29) is 23.5 Å². The Bertz CT molecular complexity index is 530. The first-order valence-electron chi connectivity index (χ1n) is 6.36. The highest BCUT2D eigenvalue weighted by Crippen LogP contribution is 2.20. The quantitative estimate of drug-likeness (QED) is 0.911. The summed E-state index contributed by atoms with van der Waals surface area (Å²) in [6.07, 6.45) is 0.684. The maximum Gasteiger partial charge on any atom is 0.218 e. The highest BCUT2D eigenvalue weighted by Gasteiger charge is 2.30. The molecule has 19 heavy (non-hydrogen) atoms. The number of hydrogen-bond donors (Lipinski definition) is 1. The first kappa shape index (κ1) is 14.4. The minimum Gasteiger partial charge on any atom is -0.327 e. The van der Waals surface area contributed by atoms with Crippen molar-refractivity contribution >= 4 is 10.0 Å². The molecule has 2 N–H and O–H groups in total. The van der Waals surface area contributed by atoms with Crippen LogP contribution in [0.5, 0.6) is 0 Å². The third-order valence-corrected chi connectivity index (χ3v) is 5.41. The number of halogens is 1. The number of nitrogens with two attached hydrogens (primary N) is 1. The summed E-state index contributed by atoms with van der Waals surface area (Å²) in [5.74, 6) is -0.287. The van der Waals surface area contributed by atoms with Gasteiger partial charge in [0, 0.05) is 19.1 Å². The highest BCUT2D eigenvalue weighted by atomic mass is 32.2. The Labute approximate surface area is 113 Å². The maximum atomic E-state index is 12.8. The molecular formula is C13H19FN2O2S. The van der Waals surface area contributed by atoms with E-state index in [2.05, 4.69) is 0 Å². The molecule has 0 radical (unpaired) electrons. The van der Waals surface area contributed by atoms with Crippen molar-refractivity contribution in [1.29, 1.82) is 0 Å². The van der Waals surface area contributed by atoms with Gasteiger partial charge < -0.3 is 5.73 Å². The number of rotatable bonds is 3. The highest BCUT2D eigenvalue weighted by molar-refractivity contribution is 7.88. The van der Waals surface area contributed by atoms with Crippen LogP contribution in [-0.4, -0.2) is 31.9 Å². The number of sulfonamides is 1. The van der Waals surface area contributed by atoms with Gasteiger partial charge >= 0.3 is 0 Å². The third kappa shape index (κ3) is 3.52. The maximum absolute atomic E-state index is 12.8. The Morgan fingerprint density at radius 1 is 1.37 bits per heavy atom. The lowest BCUT2D eigenvalue weighted by molar-refractivity contribution is 0.250. The van der Waals surface area contributed by atoms with Gasteiger partial charge in [0.2, 0.25) is 10.0 Å². The van der Waals surface area contributed by atoms with Gasteiger partial charge in [-0.3, -0.25) is 0 Å². The zero-order chi connectivity index (χ0) is 14.0. The molecule has 1 fully saturated rings. The lowest BCUT2D eigenvalue weighted by Gasteiger charge is -2.34. The summed E-state index contributed by atoms with van der Waals surface area (Å²) in [6, 6.07) is 5.63. The largest absolute Gasteiger partial charge is 0.327 e. The summed E-state index contributed by atoms with van der Waals surface area (Å²) < 4.78 is 38.9. The molecule has 0 spiro atoms. The van der Waals surface area contributed by atoms with E-state index in [1.807, 2.05) is 6.92 Å². The van der Waals surface area contributed by atoms with Crippen molar-refractivity contribution in [2.24, 2.45) is 11.7 Å². The van der Waals surface area contributed by atoms with Crippen molar-refractivity contribution in [2.75, 3.05) is 13.1 Å². The molecule has 4 nitrogen and oxygen atoms in total. The van der Waals surface area contributed by atoms with Crippen molar-refractivity contribution in [2.45, 2.75) is 25.1 Å². The van der Waals surface area contributed by atoms with Crippen molar-refractivity contribution < 1.29 is 12.8 Å². The average molecular weight is 286 g/mol. The normalized spacial score (nSPS) is 25.4. The molecule has 6 heteroatoms. The van der Waals surface area contributed by atoms with E-state index in [4.69, 9.17) is 5.73 Å². The second-order valence-electron chi connectivity index (χ2n) is 5.17. The molecule has 0 amide bonds. The minimum absolute atomic E-state index is 0.0669. The SMILES string of the molecule is CC1CN(S(=O)(=O)Cc2ccc(F)cc2)CCC1N. The molecule has 0 bridgehead atoms. The fraction of sp³-hybridized carbons (Fsp3) is 0.538. The molecule has 1 aliphatic rings. The van der Waals surface area contributed by atoms with Gasteiger partial charge in [-0.1, -0.05) is 19.1 Å². The van der Waals surface area contributed by atoms with Gasteiger partial charge in [0.1, 0.15) is 5.82 Å². The Kier molecular flexibility index (Phi) is 4.23. The van der Waals surface area contributed by atoms with E-state index in [0.717, 1.165) is 0 Å². The molecule has 2 rings (SSSR count). The first-order chi connectivity index (χ1) is 8.88. The van der Waals surface area contributed by atoms with Crippen molar-refractivity contribution in [1.82, 2.24) is 4.31 Å². The van der Waals surface area contributed by atoms with Crippen LogP contribution in [0.2, 0.25) is 0 Å². The molecule has 0 aromatic heterocycles. The van der Waals surface area contributed by atoms with Crippen LogP contribution in [0.1, 0.15) is 18.9 Å². The molecule has 106 valence electrons. The Morgan fingerprint density at radius 2 is 2.00 bits per heavy atom. The lowest BCUT2D eigenvalue weighted by atomic mass is 9.96. The number of nitrogens with zero attached hydrogens (tertiary/aromatic N) is 1. The van der Waals surface area contributed by atoms with Gasteiger partial charge in [-0.25, -0.2) is 17.1 Å². The number of hydrogen-bond acceptors (Lipinski definition) is 3. The molecule has 0 saturated carbocycles.